The highest BCUT2D eigenvalue weighted by molar-refractivity contribution is 5.79. The number of hydrogen-bond donors (Lipinski definition) is 0. The molecule has 1 aromatic rings. The first-order valence-electron chi connectivity index (χ1n) is 8.73. The number of hydrogen-bond acceptors (Lipinski definition) is 2. The van der Waals surface area contributed by atoms with Crippen LogP contribution in [0.25, 0.3) is 0 Å². The van der Waals surface area contributed by atoms with Crippen molar-refractivity contribution in [1.82, 2.24) is 4.90 Å². The molecule has 1 aliphatic carbocycles. The molecule has 3 nitrogen and oxygen atoms in total. The second kappa shape index (κ2) is 7.17. The molecule has 1 heterocycles. The Labute approximate surface area is 133 Å². The van der Waals surface area contributed by atoms with Crippen molar-refractivity contribution in [2.75, 3.05) is 13.7 Å². The van der Waals surface area contributed by atoms with Gasteiger partial charge in [0.1, 0.15) is 12.4 Å². The SMILES string of the molecule is CN(C(=O)C1COc2ccccc2C1)C1CCCCCCC1. The number of rotatable bonds is 2. The van der Waals surface area contributed by atoms with Gasteiger partial charge in [-0.1, -0.05) is 50.3 Å². The number of carbonyl (C=O) groups is 1. The zero-order chi connectivity index (χ0) is 15.4. The van der Waals surface area contributed by atoms with Crippen LogP contribution in [0.5, 0.6) is 5.75 Å². The molecule has 1 aliphatic heterocycles. The van der Waals surface area contributed by atoms with Crippen LogP contribution < -0.4 is 4.74 Å². The maximum Gasteiger partial charge on any atom is 0.229 e. The van der Waals surface area contributed by atoms with E-state index in [0.29, 0.717) is 12.6 Å². The third kappa shape index (κ3) is 3.45. The number of nitrogens with zero attached hydrogens (tertiary/aromatic N) is 1. The van der Waals surface area contributed by atoms with Gasteiger partial charge in [-0.05, 0) is 30.9 Å². The fourth-order valence-electron chi connectivity index (χ4n) is 3.78. The van der Waals surface area contributed by atoms with Crippen LogP contribution in [-0.4, -0.2) is 30.5 Å². The molecule has 1 aromatic carbocycles. The lowest BCUT2D eigenvalue weighted by Gasteiger charge is -2.34. The molecule has 120 valence electrons. The van der Waals surface area contributed by atoms with Crippen molar-refractivity contribution in [2.24, 2.45) is 5.92 Å². The molecule has 0 N–H and O–H groups in total. The molecular formula is C19H27NO2. The molecule has 22 heavy (non-hydrogen) atoms. The highest BCUT2D eigenvalue weighted by Gasteiger charge is 2.30. The van der Waals surface area contributed by atoms with E-state index in [1.165, 1.54) is 32.1 Å². The van der Waals surface area contributed by atoms with E-state index in [1.54, 1.807) is 0 Å². The minimum Gasteiger partial charge on any atom is -0.492 e. The predicted octanol–water partition coefficient (Wildman–Crippen LogP) is 3.81. The van der Waals surface area contributed by atoms with Gasteiger partial charge in [-0.3, -0.25) is 4.79 Å². The Morgan fingerprint density at radius 3 is 2.55 bits per heavy atom. The van der Waals surface area contributed by atoms with Crippen molar-refractivity contribution in [3.05, 3.63) is 29.8 Å². The van der Waals surface area contributed by atoms with Crippen molar-refractivity contribution < 1.29 is 9.53 Å². The van der Waals surface area contributed by atoms with Crippen molar-refractivity contribution in [3.8, 4) is 5.75 Å². The van der Waals surface area contributed by atoms with E-state index in [2.05, 4.69) is 6.07 Å². The van der Waals surface area contributed by atoms with Crippen LogP contribution in [0.3, 0.4) is 0 Å². The lowest BCUT2D eigenvalue weighted by Crippen LogP contribution is -2.44. The number of benzene rings is 1. The normalized spacial score (nSPS) is 22.9. The number of amides is 1. The smallest absolute Gasteiger partial charge is 0.229 e. The number of carbonyl (C=O) groups excluding carboxylic acids is 1. The zero-order valence-electron chi connectivity index (χ0n) is 13.6. The summed E-state index contributed by atoms with van der Waals surface area (Å²) in [7, 11) is 2.00. The number of fused-ring (bicyclic) bond motifs is 1. The van der Waals surface area contributed by atoms with Crippen molar-refractivity contribution in [1.29, 1.82) is 0 Å². The van der Waals surface area contributed by atoms with Crippen LogP contribution in [0.1, 0.15) is 50.5 Å². The summed E-state index contributed by atoms with van der Waals surface area (Å²) in [5, 5.41) is 0. The van der Waals surface area contributed by atoms with Crippen molar-refractivity contribution >= 4 is 5.91 Å². The summed E-state index contributed by atoms with van der Waals surface area (Å²) in [5.41, 5.74) is 1.16. The fraction of sp³-hybridized carbons (Fsp3) is 0.632. The summed E-state index contributed by atoms with van der Waals surface area (Å²) < 4.78 is 5.79. The highest BCUT2D eigenvalue weighted by atomic mass is 16.5. The van der Waals surface area contributed by atoms with Crippen molar-refractivity contribution in [2.45, 2.75) is 57.4 Å². The van der Waals surface area contributed by atoms with E-state index in [1.807, 2.05) is 30.1 Å². The molecule has 2 aliphatic rings. The molecule has 3 heteroatoms. The summed E-state index contributed by atoms with van der Waals surface area (Å²) >= 11 is 0. The Hall–Kier alpha value is -1.51. The van der Waals surface area contributed by atoms with Gasteiger partial charge in [-0.2, -0.15) is 0 Å². The molecule has 1 amide bonds. The van der Waals surface area contributed by atoms with E-state index in [0.717, 1.165) is 30.6 Å². The summed E-state index contributed by atoms with van der Waals surface area (Å²) in [5.74, 6) is 1.19. The molecule has 1 saturated carbocycles. The van der Waals surface area contributed by atoms with Crippen LogP contribution in [0.15, 0.2) is 24.3 Å². The van der Waals surface area contributed by atoms with Gasteiger partial charge in [-0.15, -0.1) is 0 Å². The maximum absolute atomic E-state index is 12.9. The molecule has 0 spiro atoms. The second-order valence-electron chi connectivity index (χ2n) is 6.77. The maximum atomic E-state index is 12.9. The molecule has 1 unspecified atom stereocenters. The highest BCUT2D eigenvalue weighted by Crippen LogP contribution is 2.29. The first-order chi connectivity index (χ1) is 10.8. The molecule has 1 atom stereocenters. The van der Waals surface area contributed by atoms with Gasteiger partial charge in [-0.25, -0.2) is 0 Å². The lowest BCUT2D eigenvalue weighted by atomic mass is 9.92. The van der Waals surface area contributed by atoms with Gasteiger partial charge < -0.3 is 9.64 Å². The minimum absolute atomic E-state index is 0.0228. The zero-order valence-corrected chi connectivity index (χ0v) is 13.6. The Morgan fingerprint density at radius 1 is 1.09 bits per heavy atom. The van der Waals surface area contributed by atoms with E-state index < -0.39 is 0 Å². The Kier molecular flexibility index (Phi) is 5.01. The summed E-state index contributed by atoms with van der Waals surface area (Å²) in [6.45, 7) is 0.521. The van der Waals surface area contributed by atoms with E-state index in [4.69, 9.17) is 4.74 Å². The number of ether oxygens (including phenoxy) is 1. The summed E-state index contributed by atoms with van der Waals surface area (Å²) in [4.78, 5) is 14.9. The quantitative estimate of drug-likeness (QED) is 0.831. The Morgan fingerprint density at radius 2 is 1.77 bits per heavy atom. The lowest BCUT2D eigenvalue weighted by molar-refractivity contribution is -0.138. The molecule has 0 aromatic heterocycles. The van der Waals surface area contributed by atoms with Gasteiger partial charge in [0.2, 0.25) is 5.91 Å². The monoisotopic (exact) mass is 301 g/mol. The largest absolute Gasteiger partial charge is 0.492 e. The predicted molar refractivity (Wildman–Crippen MR) is 88.0 cm³/mol. The molecule has 0 saturated heterocycles. The van der Waals surface area contributed by atoms with Gasteiger partial charge >= 0.3 is 0 Å². The second-order valence-corrected chi connectivity index (χ2v) is 6.77. The minimum atomic E-state index is -0.0228. The first-order valence-corrected chi connectivity index (χ1v) is 8.73. The van der Waals surface area contributed by atoms with Gasteiger partial charge in [0.05, 0.1) is 5.92 Å². The number of para-hydroxylation sites is 1. The van der Waals surface area contributed by atoms with E-state index in [-0.39, 0.29) is 11.8 Å². The summed E-state index contributed by atoms with van der Waals surface area (Å²) in [6, 6.07) is 8.50. The van der Waals surface area contributed by atoms with Crippen LogP contribution >= 0.6 is 0 Å². The topological polar surface area (TPSA) is 29.5 Å². The molecule has 1 fully saturated rings. The Balaban J connectivity index is 1.63. The van der Waals surface area contributed by atoms with E-state index >= 15 is 0 Å². The first kappa shape index (κ1) is 15.4. The Bertz CT molecular complexity index is 506. The van der Waals surface area contributed by atoms with E-state index in [9.17, 15) is 4.79 Å². The average molecular weight is 301 g/mol. The van der Waals surface area contributed by atoms with Crippen molar-refractivity contribution in [3.63, 3.8) is 0 Å². The van der Waals surface area contributed by atoms with Crippen LogP contribution in [0, 0.1) is 5.92 Å². The van der Waals surface area contributed by atoms with Gasteiger partial charge in [0.15, 0.2) is 0 Å². The molecule has 3 rings (SSSR count). The van der Waals surface area contributed by atoms with Gasteiger partial charge in [0, 0.05) is 13.1 Å². The average Bonchev–Trinajstić information content (AvgIpc) is 2.53. The van der Waals surface area contributed by atoms with Crippen LogP contribution in [0.4, 0.5) is 0 Å². The summed E-state index contributed by atoms with van der Waals surface area (Å²) in [6.07, 6.45) is 9.64. The third-order valence-electron chi connectivity index (χ3n) is 5.20. The van der Waals surface area contributed by atoms with Gasteiger partial charge in [0.25, 0.3) is 0 Å². The fourth-order valence-corrected chi connectivity index (χ4v) is 3.78. The van der Waals surface area contributed by atoms with Crippen LogP contribution in [-0.2, 0) is 11.2 Å². The van der Waals surface area contributed by atoms with Crippen LogP contribution in [0.2, 0.25) is 0 Å². The molecule has 0 radical (unpaired) electrons. The molecular weight excluding hydrogens is 274 g/mol. The standard InChI is InChI=1S/C19H27NO2/c1-20(17-10-5-3-2-4-6-11-17)19(21)16-13-15-9-7-8-12-18(15)22-14-16/h7-9,12,16-17H,2-6,10-11,13-14H2,1H3. The molecule has 0 bridgehead atoms. The third-order valence-corrected chi connectivity index (χ3v) is 5.20.